The molecule has 0 aliphatic carbocycles. The Labute approximate surface area is 127 Å². The van der Waals surface area contributed by atoms with Gasteiger partial charge in [-0.25, -0.2) is 12.4 Å². The number of rotatable bonds is 2. The number of nitrogens with zero attached hydrogens (tertiary/aromatic N) is 2. The number of benzene rings is 2. The van der Waals surface area contributed by atoms with Crippen LogP contribution >= 0.6 is 0 Å². The van der Waals surface area contributed by atoms with E-state index in [0.717, 1.165) is 10.8 Å². The summed E-state index contributed by atoms with van der Waals surface area (Å²) in [4.78, 5) is 4.46. The highest BCUT2D eigenvalue weighted by Gasteiger charge is 2.21. The molecule has 0 spiro atoms. The van der Waals surface area contributed by atoms with Gasteiger partial charge in [-0.05, 0) is 24.3 Å². The summed E-state index contributed by atoms with van der Waals surface area (Å²) in [5.41, 5.74) is 1.15. The third-order valence-electron chi connectivity index (χ3n) is 3.70. The van der Waals surface area contributed by atoms with Crippen LogP contribution in [0.3, 0.4) is 0 Å². The quantitative estimate of drug-likeness (QED) is 0.570. The Morgan fingerprint density at radius 2 is 1.59 bits per heavy atom. The topological polar surface area (TPSA) is 52.0 Å². The summed E-state index contributed by atoms with van der Waals surface area (Å²) >= 11 is 0. The fourth-order valence-corrected chi connectivity index (χ4v) is 4.18. The lowest BCUT2D eigenvalue weighted by Crippen LogP contribution is -2.12. The summed E-state index contributed by atoms with van der Waals surface area (Å²) < 4.78 is 27.4. The molecule has 0 aliphatic rings. The molecule has 0 radical (unpaired) electrons. The summed E-state index contributed by atoms with van der Waals surface area (Å²) in [6, 6.07) is 18.0. The maximum absolute atomic E-state index is 13.0. The molecule has 0 saturated heterocycles. The highest BCUT2D eigenvalue weighted by molar-refractivity contribution is 7.90. The van der Waals surface area contributed by atoms with Crippen LogP contribution in [0.15, 0.2) is 78.0 Å². The molecule has 2 aromatic heterocycles. The largest absolute Gasteiger partial charge is 0.270 e. The van der Waals surface area contributed by atoms with Crippen molar-refractivity contribution in [3.05, 3.63) is 73.1 Å². The molecular formula is C17H12N2O2S. The highest BCUT2D eigenvalue weighted by atomic mass is 32.2. The average molecular weight is 308 g/mol. The predicted octanol–water partition coefficient (Wildman–Crippen LogP) is 3.43. The fourth-order valence-electron chi connectivity index (χ4n) is 2.66. The first-order valence-electron chi connectivity index (χ1n) is 6.83. The van der Waals surface area contributed by atoms with Crippen LogP contribution in [0.2, 0.25) is 0 Å². The van der Waals surface area contributed by atoms with Crippen molar-refractivity contribution < 1.29 is 8.42 Å². The Bertz CT molecular complexity index is 1090. The van der Waals surface area contributed by atoms with E-state index in [9.17, 15) is 8.42 Å². The normalized spacial score (nSPS) is 12.0. The van der Waals surface area contributed by atoms with E-state index in [0.29, 0.717) is 11.0 Å². The summed E-state index contributed by atoms with van der Waals surface area (Å²) in [6.45, 7) is 0. The van der Waals surface area contributed by atoms with Gasteiger partial charge in [-0.15, -0.1) is 0 Å². The van der Waals surface area contributed by atoms with Crippen LogP contribution < -0.4 is 0 Å². The lowest BCUT2D eigenvalue weighted by Gasteiger charge is -2.09. The first-order valence-corrected chi connectivity index (χ1v) is 8.27. The van der Waals surface area contributed by atoms with Crippen LogP contribution in [-0.2, 0) is 10.0 Å². The molecule has 0 saturated carbocycles. The zero-order valence-corrected chi connectivity index (χ0v) is 12.4. The molecule has 0 unspecified atom stereocenters. The van der Waals surface area contributed by atoms with E-state index < -0.39 is 10.0 Å². The zero-order valence-electron chi connectivity index (χ0n) is 11.5. The standard InChI is InChI=1S/C17H12N2O2S/c20-22(21,19-12-10-13-5-1-2-8-15(13)19)16-9-3-6-14-7-4-11-18-17(14)16/h1-12H. The second-order valence-corrected chi connectivity index (χ2v) is 6.79. The van der Waals surface area contributed by atoms with Crippen LogP contribution in [0.5, 0.6) is 0 Å². The van der Waals surface area contributed by atoms with Crippen molar-refractivity contribution in [3.8, 4) is 0 Å². The molecule has 108 valence electrons. The molecule has 4 rings (SSSR count). The molecule has 4 nitrogen and oxygen atoms in total. The average Bonchev–Trinajstić information content (AvgIpc) is 2.99. The van der Waals surface area contributed by atoms with Crippen molar-refractivity contribution >= 4 is 31.8 Å². The van der Waals surface area contributed by atoms with Gasteiger partial charge in [0.25, 0.3) is 10.0 Å². The van der Waals surface area contributed by atoms with Gasteiger partial charge < -0.3 is 0 Å². The van der Waals surface area contributed by atoms with Crippen molar-refractivity contribution in [2.75, 3.05) is 0 Å². The monoisotopic (exact) mass is 308 g/mol. The summed E-state index contributed by atoms with van der Waals surface area (Å²) in [6.07, 6.45) is 3.19. The third-order valence-corrected chi connectivity index (χ3v) is 5.42. The number of hydrogen-bond donors (Lipinski definition) is 0. The zero-order chi connectivity index (χ0) is 15.2. The minimum Gasteiger partial charge on any atom is -0.255 e. The molecule has 0 fully saturated rings. The van der Waals surface area contributed by atoms with E-state index in [2.05, 4.69) is 4.98 Å². The molecule has 4 aromatic rings. The first-order chi connectivity index (χ1) is 10.7. The van der Waals surface area contributed by atoms with E-state index in [1.54, 1.807) is 42.7 Å². The summed E-state index contributed by atoms with van der Waals surface area (Å²) in [5.74, 6) is 0. The smallest absolute Gasteiger partial charge is 0.255 e. The lowest BCUT2D eigenvalue weighted by atomic mass is 10.2. The van der Waals surface area contributed by atoms with Crippen molar-refractivity contribution in [1.29, 1.82) is 0 Å². The van der Waals surface area contributed by atoms with Crippen molar-refractivity contribution in [2.45, 2.75) is 4.90 Å². The molecule has 5 heteroatoms. The van der Waals surface area contributed by atoms with Gasteiger partial charge in [0.2, 0.25) is 0 Å². The van der Waals surface area contributed by atoms with E-state index in [1.165, 1.54) is 3.97 Å². The number of para-hydroxylation sites is 2. The minimum atomic E-state index is -3.69. The maximum Gasteiger partial charge on any atom is 0.270 e. The second-order valence-electron chi connectivity index (χ2n) is 5.01. The van der Waals surface area contributed by atoms with Gasteiger partial charge >= 0.3 is 0 Å². The lowest BCUT2D eigenvalue weighted by molar-refractivity contribution is 0.590. The van der Waals surface area contributed by atoms with E-state index in [-0.39, 0.29) is 4.90 Å². The van der Waals surface area contributed by atoms with Crippen LogP contribution in [-0.4, -0.2) is 17.4 Å². The summed E-state index contributed by atoms with van der Waals surface area (Å²) in [5, 5.41) is 1.69. The fraction of sp³-hybridized carbons (Fsp3) is 0. The predicted molar refractivity (Wildman–Crippen MR) is 86.3 cm³/mol. The Morgan fingerprint density at radius 1 is 0.818 bits per heavy atom. The molecule has 2 aromatic carbocycles. The van der Waals surface area contributed by atoms with E-state index in [4.69, 9.17) is 0 Å². The van der Waals surface area contributed by atoms with E-state index >= 15 is 0 Å². The third kappa shape index (κ3) is 1.83. The first kappa shape index (κ1) is 13.0. The molecule has 0 aliphatic heterocycles. The number of pyridine rings is 1. The molecule has 2 heterocycles. The number of fused-ring (bicyclic) bond motifs is 2. The van der Waals surface area contributed by atoms with Gasteiger partial charge in [-0.1, -0.05) is 36.4 Å². The highest BCUT2D eigenvalue weighted by Crippen LogP contribution is 2.26. The Balaban J connectivity index is 2.05. The molecule has 0 amide bonds. The van der Waals surface area contributed by atoms with Crippen molar-refractivity contribution in [2.24, 2.45) is 0 Å². The molecule has 0 bridgehead atoms. The molecule has 22 heavy (non-hydrogen) atoms. The van der Waals surface area contributed by atoms with Crippen molar-refractivity contribution in [1.82, 2.24) is 8.96 Å². The Morgan fingerprint density at radius 3 is 2.50 bits per heavy atom. The number of aromatic nitrogens is 2. The maximum atomic E-state index is 13.0. The van der Waals surface area contributed by atoms with Gasteiger partial charge in [-0.2, -0.15) is 0 Å². The van der Waals surface area contributed by atoms with E-state index in [1.807, 2.05) is 30.3 Å². The van der Waals surface area contributed by atoms with Crippen LogP contribution in [0.4, 0.5) is 0 Å². The SMILES string of the molecule is O=S(=O)(c1cccc2cccnc12)n1ccc2ccccc21. The van der Waals surface area contributed by atoms with Gasteiger partial charge in [0.05, 0.1) is 11.0 Å². The van der Waals surface area contributed by atoms with Crippen LogP contribution in [0.25, 0.3) is 21.8 Å². The molecular weight excluding hydrogens is 296 g/mol. The summed E-state index contributed by atoms with van der Waals surface area (Å²) in [7, 11) is -3.69. The van der Waals surface area contributed by atoms with Crippen LogP contribution in [0, 0.1) is 0 Å². The van der Waals surface area contributed by atoms with Gasteiger partial charge in [-0.3, -0.25) is 4.98 Å². The minimum absolute atomic E-state index is 0.215. The Hall–Kier alpha value is -2.66. The molecule has 0 N–H and O–H groups in total. The number of hydrogen-bond acceptors (Lipinski definition) is 3. The molecule has 0 atom stereocenters. The van der Waals surface area contributed by atoms with Gasteiger partial charge in [0.1, 0.15) is 4.90 Å². The second kappa shape index (κ2) is 4.68. The van der Waals surface area contributed by atoms with Gasteiger partial charge in [0.15, 0.2) is 0 Å². The van der Waals surface area contributed by atoms with Crippen LogP contribution in [0.1, 0.15) is 0 Å². The Kier molecular flexibility index (Phi) is 2.77. The van der Waals surface area contributed by atoms with Crippen molar-refractivity contribution in [3.63, 3.8) is 0 Å². The van der Waals surface area contributed by atoms with Gasteiger partial charge in [0, 0.05) is 23.2 Å².